The van der Waals surface area contributed by atoms with Gasteiger partial charge in [0.1, 0.15) is 5.76 Å². The van der Waals surface area contributed by atoms with E-state index in [4.69, 9.17) is 4.52 Å². The number of aryl methyl sites for hydroxylation is 2. The molecule has 0 bridgehead atoms. The lowest BCUT2D eigenvalue weighted by Crippen LogP contribution is -2.29. The van der Waals surface area contributed by atoms with Crippen molar-refractivity contribution in [3.8, 4) is 0 Å². The number of carbonyl (C=O) groups excluding carboxylic acids is 1. The maximum Gasteiger partial charge on any atom is 0.222 e. The zero-order chi connectivity index (χ0) is 16.7. The predicted molar refractivity (Wildman–Crippen MR) is 86.5 cm³/mol. The monoisotopic (exact) mass is 329 g/mol. The lowest BCUT2D eigenvalue weighted by molar-refractivity contribution is -0.130. The first kappa shape index (κ1) is 15.4. The van der Waals surface area contributed by atoms with Gasteiger partial charge in [0.05, 0.1) is 17.4 Å². The molecular weight excluding hydrogens is 306 g/mol. The molecule has 1 atom stereocenters. The summed E-state index contributed by atoms with van der Waals surface area (Å²) < 4.78 is 7.11. The Bertz CT molecular complexity index is 726. The van der Waals surface area contributed by atoms with E-state index in [0.717, 1.165) is 42.2 Å². The molecule has 2 aromatic heterocycles. The van der Waals surface area contributed by atoms with Crippen LogP contribution in [0.3, 0.4) is 0 Å². The van der Waals surface area contributed by atoms with Gasteiger partial charge in [-0.15, -0.1) is 5.10 Å². The van der Waals surface area contributed by atoms with Crippen molar-refractivity contribution in [1.82, 2.24) is 25.1 Å². The molecule has 1 saturated carbocycles. The van der Waals surface area contributed by atoms with Gasteiger partial charge in [-0.3, -0.25) is 4.79 Å². The van der Waals surface area contributed by atoms with Gasteiger partial charge in [0, 0.05) is 37.2 Å². The van der Waals surface area contributed by atoms with Crippen molar-refractivity contribution in [1.29, 1.82) is 0 Å². The van der Waals surface area contributed by atoms with Crippen LogP contribution in [0.2, 0.25) is 0 Å². The van der Waals surface area contributed by atoms with Crippen LogP contribution in [0.5, 0.6) is 0 Å². The normalized spacial score (nSPS) is 20.8. The molecular formula is C17H23N5O2. The second kappa shape index (κ2) is 6.03. The zero-order valence-electron chi connectivity index (χ0n) is 14.2. The van der Waals surface area contributed by atoms with Gasteiger partial charge in [0.25, 0.3) is 0 Å². The van der Waals surface area contributed by atoms with Crippen molar-refractivity contribution in [3.63, 3.8) is 0 Å². The number of carbonyl (C=O) groups is 1. The summed E-state index contributed by atoms with van der Waals surface area (Å²) in [5.74, 6) is 1.63. The Morgan fingerprint density at radius 2 is 2.17 bits per heavy atom. The summed E-state index contributed by atoms with van der Waals surface area (Å²) >= 11 is 0. The molecule has 2 fully saturated rings. The van der Waals surface area contributed by atoms with Crippen molar-refractivity contribution in [2.75, 3.05) is 13.1 Å². The van der Waals surface area contributed by atoms with Crippen LogP contribution in [0, 0.1) is 13.8 Å². The minimum atomic E-state index is 0.194. The highest BCUT2D eigenvalue weighted by molar-refractivity contribution is 5.76. The number of amides is 1. The Kier molecular flexibility index (Phi) is 3.86. The number of aromatic nitrogens is 4. The van der Waals surface area contributed by atoms with Crippen LogP contribution in [0.1, 0.15) is 60.4 Å². The third-order valence-corrected chi connectivity index (χ3v) is 5.18. The number of nitrogens with zero attached hydrogens (tertiary/aromatic N) is 5. The zero-order valence-corrected chi connectivity index (χ0v) is 14.2. The molecule has 1 amide bonds. The van der Waals surface area contributed by atoms with Crippen LogP contribution in [-0.4, -0.2) is 44.0 Å². The van der Waals surface area contributed by atoms with Crippen LogP contribution in [0.4, 0.5) is 0 Å². The van der Waals surface area contributed by atoms with E-state index in [1.807, 2.05) is 23.4 Å². The van der Waals surface area contributed by atoms with Crippen molar-refractivity contribution in [2.45, 2.75) is 57.9 Å². The molecule has 2 aromatic rings. The average Bonchev–Trinajstić information content (AvgIpc) is 2.99. The maximum atomic E-state index is 12.5. The van der Waals surface area contributed by atoms with Gasteiger partial charge in [-0.25, -0.2) is 4.68 Å². The highest BCUT2D eigenvalue weighted by Crippen LogP contribution is 2.39. The molecule has 1 aliphatic heterocycles. The van der Waals surface area contributed by atoms with Gasteiger partial charge in [-0.05, 0) is 39.5 Å². The molecule has 1 saturated heterocycles. The second-order valence-corrected chi connectivity index (χ2v) is 6.98. The minimum absolute atomic E-state index is 0.194. The fourth-order valence-corrected chi connectivity index (χ4v) is 3.47. The highest BCUT2D eigenvalue weighted by atomic mass is 16.5. The Hall–Kier alpha value is -2.18. The van der Waals surface area contributed by atoms with Crippen LogP contribution in [0.15, 0.2) is 10.7 Å². The summed E-state index contributed by atoms with van der Waals surface area (Å²) in [6, 6.07) is 0.257. The third kappa shape index (κ3) is 2.95. The van der Waals surface area contributed by atoms with Crippen molar-refractivity contribution < 1.29 is 9.32 Å². The fourth-order valence-electron chi connectivity index (χ4n) is 3.47. The van der Waals surface area contributed by atoms with E-state index < -0.39 is 0 Å². The standard InChI is InChI=1S/C17H23N5O2/c1-11-15(12(2)24-19-11)5-6-17(23)21-8-7-14(9-21)22-10-16(18-20-22)13-3-4-13/h10,13-14H,3-9H2,1-2H3/t14-/m1/s1. The van der Waals surface area contributed by atoms with Crippen LogP contribution >= 0.6 is 0 Å². The van der Waals surface area contributed by atoms with E-state index in [2.05, 4.69) is 21.7 Å². The van der Waals surface area contributed by atoms with Gasteiger partial charge in [-0.2, -0.15) is 0 Å². The average molecular weight is 329 g/mol. The van der Waals surface area contributed by atoms with Gasteiger partial charge in [0.15, 0.2) is 0 Å². The summed E-state index contributed by atoms with van der Waals surface area (Å²) in [4.78, 5) is 14.4. The third-order valence-electron chi connectivity index (χ3n) is 5.18. The lowest BCUT2D eigenvalue weighted by Gasteiger charge is -2.16. The summed E-state index contributed by atoms with van der Waals surface area (Å²) in [5, 5.41) is 12.5. The summed E-state index contributed by atoms with van der Waals surface area (Å²) in [6.45, 7) is 5.34. The molecule has 2 aliphatic rings. The predicted octanol–water partition coefficient (Wildman–Crippen LogP) is 2.17. The summed E-state index contributed by atoms with van der Waals surface area (Å²) in [7, 11) is 0. The quantitative estimate of drug-likeness (QED) is 0.840. The van der Waals surface area contributed by atoms with Crippen molar-refractivity contribution in [2.24, 2.45) is 0 Å². The first-order valence-corrected chi connectivity index (χ1v) is 8.73. The number of likely N-dealkylation sites (tertiary alicyclic amines) is 1. The van der Waals surface area contributed by atoms with E-state index in [-0.39, 0.29) is 11.9 Å². The molecule has 0 unspecified atom stereocenters. The van der Waals surface area contributed by atoms with Gasteiger partial charge >= 0.3 is 0 Å². The Balaban J connectivity index is 1.33. The minimum Gasteiger partial charge on any atom is -0.361 e. The van der Waals surface area contributed by atoms with Crippen LogP contribution in [-0.2, 0) is 11.2 Å². The fraction of sp³-hybridized carbons (Fsp3) is 0.647. The summed E-state index contributed by atoms with van der Waals surface area (Å²) in [6.07, 6.45) is 6.67. The molecule has 7 nitrogen and oxygen atoms in total. The smallest absolute Gasteiger partial charge is 0.222 e. The molecule has 7 heteroatoms. The Morgan fingerprint density at radius 1 is 1.33 bits per heavy atom. The number of hydrogen-bond acceptors (Lipinski definition) is 5. The van der Waals surface area contributed by atoms with Crippen molar-refractivity contribution >= 4 is 5.91 Å². The van der Waals surface area contributed by atoms with Crippen molar-refractivity contribution in [3.05, 3.63) is 28.9 Å². The highest BCUT2D eigenvalue weighted by Gasteiger charge is 2.31. The Morgan fingerprint density at radius 3 is 2.88 bits per heavy atom. The second-order valence-electron chi connectivity index (χ2n) is 6.98. The topological polar surface area (TPSA) is 77.0 Å². The molecule has 24 heavy (non-hydrogen) atoms. The van der Waals surface area contributed by atoms with Gasteiger partial charge in [-0.1, -0.05) is 10.4 Å². The first-order valence-electron chi connectivity index (χ1n) is 8.73. The Labute approximate surface area is 141 Å². The number of rotatable bonds is 5. The molecule has 0 spiro atoms. The van der Waals surface area contributed by atoms with Crippen LogP contribution < -0.4 is 0 Å². The number of hydrogen-bond donors (Lipinski definition) is 0. The molecule has 128 valence electrons. The maximum absolute atomic E-state index is 12.5. The molecule has 0 radical (unpaired) electrons. The molecule has 3 heterocycles. The molecule has 4 rings (SSSR count). The molecule has 1 aliphatic carbocycles. The van der Waals surface area contributed by atoms with E-state index in [1.54, 1.807) is 0 Å². The van der Waals surface area contributed by atoms with Gasteiger partial charge < -0.3 is 9.42 Å². The van der Waals surface area contributed by atoms with Crippen LogP contribution in [0.25, 0.3) is 0 Å². The molecule has 0 N–H and O–H groups in total. The van der Waals surface area contributed by atoms with E-state index in [0.29, 0.717) is 18.8 Å². The SMILES string of the molecule is Cc1noc(C)c1CCC(=O)N1CC[C@@H](n2cc(C3CC3)nn2)C1. The largest absolute Gasteiger partial charge is 0.361 e. The lowest BCUT2D eigenvalue weighted by atomic mass is 10.1. The summed E-state index contributed by atoms with van der Waals surface area (Å²) in [5.41, 5.74) is 3.05. The van der Waals surface area contributed by atoms with E-state index >= 15 is 0 Å². The van der Waals surface area contributed by atoms with E-state index in [9.17, 15) is 4.79 Å². The first-order chi connectivity index (χ1) is 11.6. The van der Waals surface area contributed by atoms with E-state index in [1.165, 1.54) is 12.8 Å². The molecule has 0 aromatic carbocycles. The van der Waals surface area contributed by atoms with Gasteiger partial charge in [0.2, 0.25) is 5.91 Å².